The third-order valence-electron chi connectivity index (χ3n) is 4.37. The van der Waals surface area contributed by atoms with E-state index >= 15 is 0 Å². The molecule has 1 aliphatic rings. The van der Waals surface area contributed by atoms with Crippen LogP contribution in [0.15, 0.2) is 54.6 Å². The topological polar surface area (TPSA) is 63.7 Å². The van der Waals surface area contributed by atoms with Crippen LogP contribution in [0.2, 0.25) is 0 Å². The highest BCUT2D eigenvalue weighted by Crippen LogP contribution is 2.21. The third kappa shape index (κ3) is 4.60. The molecule has 1 fully saturated rings. The molecular formula is C19H20FNO4S. The Labute approximate surface area is 152 Å². The molecule has 2 aromatic rings. The van der Waals surface area contributed by atoms with Crippen molar-refractivity contribution in [2.75, 3.05) is 18.1 Å². The Morgan fingerprint density at radius 2 is 1.81 bits per heavy atom. The number of hydrogen-bond donors (Lipinski definition) is 0. The first kappa shape index (κ1) is 18.4. The van der Waals surface area contributed by atoms with Crippen molar-refractivity contribution in [1.29, 1.82) is 0 Å². The lowest BCUT2D eigenvalue weighted by molar-refractivity contribution is -0.136. The van der Waals surface area contributed by atoms with Gasteiger partial charge in [0.05, 0.1) is 11.5 Å². The number of sulfone groups is 1. The predicted octanol–water partition coefficient (Wildman–Crippen LogP) is 2.42. The molecule has 0 N–H and O–H groups in total. The summed E-state index contributed by atoms with van der Waals surface area (Å²) in [5, 5.41) is 0. The zero-order chi connectivity index (χ0) is 18.6. The number of ether oxygens (including phenoxy) is 1. The molecule has 0 radical (unpaired) electrons. The minimum absolute atomic E-state index is 0.0177. The maximum atomic E-state index is 14.0. The van der Waals surface area contributed by atoms with Crippen molar-refractivity contribution in [2.24, 2.45) is 0 Å². The lowest BCUT2D eigenvalue weighted by Crippen LogP contribution is -2.43. The summed E-state index contributed by atoms with van der Waals surface area (Å²) in [6.07, 6.45) is 0.355. The summed E-state index contributed by atoms with van der Waals surface area (Å²) in [7, 11) is -3.17. The predicted molar refractivity (Wildman–Crippen MR) is 95.9 cm³/mol. The van der Waals surface area contributed by atoms with Crippen LogP contribution >= 0.6 is 0 Å². The van der Waals surface area contributed by atoms with E-state index in [4.69, 9.17) is 4.74 Å². The fourth-order valence-corrected chi connectivity index (χ4v) is 4.73. The second kappa shape index (κ2) is 7.86. The molecule has 1 heterocycles. The van der Waals surface area contributed by atoms with Gasteiger partial charge in [-0.2, -0.15) is 0 Å². The van der Waals surface area contributed by atoms with E-state index in [2.05, 4.69) is 0 Å². The molecule has 7 heteroatoms. The zero-order valence-corrected chi connectivity index (χ0v) is 15.0. The van der Waals surface area contributed by atoms with E-state index in [1.807, 2.05) is 6.07 Å². The summed E-state index contributed by atoms with van der Waals surface area (Å²) >= 11 is 0. The van der Waals surface area contributed by atoms with Crippen LogP contribution in [0.4, 0.5) is 4.39 Å². The zero-order valence-electron chi connectivity index (χ0n) is 14.2. The van der Waals surface area contributed by atoms with E-state index in [1.165, 1.54) is 11.0 Å². The van der Waals surface area contributed by atoms with Crippen molar-refractivity contribution in [1.82, 2.24) is 4.90 Å². The molecule has 26 heavy (non-hydrogen) atoms. The number of rotatable bonds is 6. The lowest BCUT2D eigenvalue weighted by Gasteiger charge is -2.28. The normalized spacial score (nSPS) is 18.4. The Hall–Kier alpha value is -2.41. The Bertz CT molecular complexity index is 870. The Morgan fingerprint density at radius 1 is 1.12 bits per heavy atom. The molecule has 1 saturated heterocycles. The Kier molecular flexibility index (Phi) is 5.56. The van der Waals surface area contributed by atoms with Crippen LogP contribution in [0.5, 0.6) is 5.75 Å². The first-order valence-electron chi connectivity index (χ1n) is 8.36. The first-order chi connectivity index (χ1) is 12.4. The molecule has 1 amide bonds. The lowest BCUT2D eigenvalue weighted by atomic mass is 10.1. The van der Waals surface area contributed by atoms with Gasteiger partial charge in [0.15, 0.2) is 16.4 Å². The monoisotopic (exact) mass is 377 g/mol. The molecule has 1 aliphatic heterocycles. The average Bonchev–Trinajstić information content (AvgIpc) is 2.99. The van der Waals surface area contributed by atoms with Crippen molar-refractivity contribution >= 4 is 15.7 Å². The highest BCUT2D eigenvalue weighted by Gasteiger charge is 2.35. The van der Waals surface area contributed by atoms with Gasteiger partial charge < -0.3 is 9.64 Å². The van der Waals surface area contributed by atoms with Gasteiger partial charge in [-0.1, -0.05) is 36.4 Å². The van der Waals surface area contributed by atoms with Crippen LogP contribution in [-0.2, 0) is 21.2 Å². The van der Waals surface area contributed by atoms with Gasteiger partial charge in [-0.3, -0.25) is 4.79 Å². The molecule has 1 atom stereocenters. The van der Waals surface area contributed by atoms with Gasteiger partial charge in [0.1, 0.15) is 11.6 Å². The highest BCUT2D eigenvalue weighted by molar-refractivity contribution is 7.91. The number of para-hydroxylation sites is 1. The highest BCUT2D eigenvalue weighted by atomic mass is 32.2. The fourth-order valence-electron chi connectivity index (χ4n) is 3.00. The Balaban J connectivity index is 1.76. The standard InChI is InChI=1S/C19H20FNO4S/c20-18-9-5-4-6-15(18)12-21(16-10-11-26(23,24)14-16)19(22)13-25-17-7-2-1-3-8-17/h1-9,16H,10-14H2. The van der Waals surface area contributed by atoms with Crippen LogP contribution in [-0.4, -0.2) is 43.4 Å². The number of hydrogen-bond acceptors (Lipinski definition) is 4. The van der Waals surface area contributed by atoms with Crippen LogP contribution in [0.3, 0.4) is 0 Å². The molecule has 0 bridgehead atoms. The summed E-state index contributed by atoms with van der Waals surface area (Å²) in [4.78, 5) is 14.1. The smallest absolute Gasteiger partial charge is 0.261 e. The SMILES string of the molecule is O=C(COc1ccccc1)N(Cc1ccccc1F)C1CCS(=O)(=O)C1. The summed E-state index contributed by atoms with van der Waals surface area (Å²) in [6.45, 7) is -0.209. The van der Waals surface area contributed by atoms with Crippen molar-refractivity contribution in [3.63, 3.8) is 0 Å². The van der Waals surface area contributed by atoms with Crippen LogP contribution < -0.4 is 4.74 Å². The van der Waals surface area contributed by atoms with Gasteiger partial charge >= 0.3 is 0 Å². The molecule has 2 aromatic carbocycles. The molecule has 138 valence electrons. The second-order valence-electron chi connectivity index (χ2n) is 6.27. The molecule has 0 aromatic heterocycles. The van der Waals surface area contributed by atoms with Crippen LogP contribution in [0, 0.1) is 5.82 Å². The van der Waals surface area contributed by atoms with Gasteiger partial charge in [0, 0.05) is 18.2 Å². The molecular weight excluding hydrogens is 357 g/mol. The fraction of sp³-hybridized carbons (Fsp3) is 0.316. The van der Waals surface area contributed by atoms with Gasteiger partial charge in [-0.25, -0.2) is 12.8 Å². The second-order valence-corrected chi connectivity index (χ2v) is 8.50. The van der Waals surface area contributed by atoms with Gasteiger partial charge in [0.25, 0.3) is 5.91 Å². The van der Waals surface area contributed by atoms with Crippen LogP contribution in [0.1, 0.15) is 12.0 Å². The van der Waals surface area contributed by atoms with Gasteiger partial charge in [-0.05, 0) is 24.6 Å². The molecule has 0 aliphatic carbocycles. The number of benzene rings is 2. The summed E-state index contributed by atoms with van der Waals surface area (Å²) < 4.78 is 43.2. The van der Waals surface area contributed by atoms with Crippen molar-refractivity contribution < 1.29 is 22.3 Å². The van der Waals surface area contributed by atoms with E-state index in [-0.39, 0.29) is 30.6 Å². The van der Waals surface area contributed by atoms with Crippen LogP contribution in [0.25, 0.3) is 0 Å². The van der Waals surface area contributed by atoms with Gasteiger partial charge in [-0.15, -0.1) is 0 Å². The van der Waals surface area contributed by atoms with Gasteiger partial charge in [0.2, 0.25) is 0 Å². The summed E-state index contributed by atoms with van der Waals surface area (Å²) in [5.74, 6) is -0.295. The minimum atomic E-state index is -3.17. The Morgan fingerprint density at radius 3 is 2.46 bits per heavy atom. The number of amides is 1. The summed E-state index contributed by atoms with van der Waals surface area (Å²) in [6, 6.07) is 14.6. The average molecular weight is 377 g/mol. The van der Waals surface area contributed by atoms with Crippen molar-refractivity contribution in [2.45, 2.75) is 19.0 Å². The maximum Gasteiger partial charge on any atom is 0.261 e. The maximum absolute atomic E-state index is 14.0. The molecule has 0 spiro atoms. The third-order valence-corrected chi connectivity index (χ3v) is 6.12. The van der Waals surface area contributed by atoms with E-state index in [1.54, 1.807) is 42.5 Å². The number of halogens is 1. The van der Waals surface area contributed by atoms with Crippen molar-refractivity contribution in [3.8, 4) is 5.75 Å². The molecule has 1 unspecified atom stereocenters. The van der Waals surface area contributed by atoms with E-state index in [9.17, 15) is 17.6 Å². The quantitative estimate of drug-likeness (QED) is 0.776. The van der Waals surface area contributed by atoms with E-state index < -0.39 is 21.7 Å². The van der Waals surface area contributed by atoms with E-state index in [0.717, 1.165) is 0 Å². The number of carbonyl (C=O) groups is 1. The van der Waals surface area contributed by atoms with E-state index in [0.29, 0.717) is 17.7 Å². The molecule has 0 saturated carbocycles. The molecule has 5 nitrogen and oxygen atoms in total. The van der Waals surface area contributed by atoms with Crippen molar-refractivity contribution in [3.05, 3.63) is 66.0 Å². The summed E-state index contributed by atoms with van der Waals surface area (Å²) in [5.41, 5.74) is 0.352. The largest absolute Gasteiger partial charge is 0.484 e. The number of nitrogens with zero attached hydrogens (tertiary/aromatic N) is 1. The first-order valence-corrected chi connectivity index (χ1v) is 10.2. The molecule has 3 rings (SSSR count). The minimum Gasteiger partial charge on any atom is -0.484 e. The number of carbonyl (C=O) groups excluding carboxylic acids is 1.